The monoisotopic (exact) mass is 341 g/mol. The highest BCUT2D eigenvalue weighted by Gasteiger charge is 2.30. The first-order chi connectivity index (χ1) is 12.0. The number of likely N-dealkylation sites (N-methyl/N-ethyl adjacent to an activating group) is 1. The first kappa shape index (κ1) is 17.2. The first-order valence-corrected chi connectivity index (χ1v) is 8.31. The number of nitrogens with zero attached hydrogens (tertiary/aromatic N) is 4. The first-order valence-electron chi connectivity index (χ1n) is 8.31. The number of piperazine rings is 1. The van der Waals surface area contributed by atoms with Crippen molar-refractivity contribution in [3.8, 4) is 0 Å². The molecule has 1 N–H and O–H groups in total. The van der Waals surface area contributed by atoms with E-state index in [0.29, 0.717) is 24.3 Å². The maximum atomic E-state index is 12.7. The van der Waals surface area contributed by atoms with Crippen molar-refractivity contribution in [2.24, 2.45) is 7.05 Å². The molecular weight excluding hydrogens is 318 g/mol. The summed E-state index contributed by atoms with van der Waals surface area (Å²) in [4.78, 5) is 28.6. The quantitative estimate of drug-likeness (QED) is 0.901. The fraction of sp³-hybridized carbons (Fsp3) is 0.389. The summed E-state index contributed by atoms with van der Waals surface area (Å²) in [6.07, 6.45) is 1.77. The Morgan fingerprint density at radius 2 is 2.00 bits per heavy atom. The fourth-order valence-corrected chi connectivity index (χ4v) is 3.14. The number of benzene rings is 1. The van der Waals surface area contributed by atoms with Gasteiger partial charge in [0.05, 0.1) is 6.04 Å². The summed E-state index contributed by atoms with van der Waals surface area (Å²) >= 11 is 0. The second-order valence-corrected chi connectivity index (χ2v) is 6.33. The minimum Gasteiger partial charge on any atom is -0.355 e. The Kier molecular flexibility index (Phi) is 4.85. The van der Waals surface area contributed by atoms with Crippen LogP contribution in [0.3, 0.4) is 0 Å². The molecule has 2 heterocycles. The summed E-state index contributed by atoms with van der Waals surface area (Å²) < 4.78 is 1.63. The van der Waals surface area contributed by atoms with Crippen LogP contribution in [0.1, 0.15) is 32.5 Å². The van der Waals surface area contributed by atoms with Gasteiger partial charge in [0.25, 0.3) is 11.8 Å². The average molecular weight is 341 g/mol. The molecule has 1 atom stereocenters. The lowest BCUT2D eigenvalue weighted by Crippen LogP contribution is -2.49. The Labute approximate surface area is 147 Å². The van der Waals surface area contributed by atoms with Gasteiger partial charge in [-0.25, -0.2) is 0 Å². The second-order valence-electron chi connectivity index (χ2n) is 6.33. The Balaban J connectivity index is 1.81. The molecule has 1 aliphatic rings. The number of rotatable bonds is 3. The van der Waals surface area contributed by atoms with Crippen molar-refractivity contribution in [2.45, 2.75) is 6.04 Å². The maximum Gasteiger partial charge on any atom is 0.274 e. The molecule has 0 radical (unpaired) electrons. The highest BCUT2D eigenvalue weighted by atomic mass is 16.2. The number of carbonyl (C=O) groups is 2. The highest BCUT2D eigenvalue weighted by molar-refractivity contribution is 5.94. The van der Waals surface area contributed by atoms with E-state index in [1.807, 2.05) is 30.1 Å². The molecule has 0 spiro atoms. The number of nitrogens with one attached hydrogen (secondary N) is 1. The summed E-state index contributed by atoms with van der Waals surface area (Å²) in [5, 5.41) is 6.86. The van der Waals surface area contributed by atoms with Gasteiger partial charge in [-0.3, -0.25) is 19.2 Å². The van der Waals surface area contributed by atoms with E-state index in [1.54, 1.807) is 37.1 Å². The van der Waals surface area contributed by atoms with Crippen LogP contribution in [0.2, 0.25) is 0 Å². The van der Waals surface area contributed by atoms with Gasteiger partial charge in [0.1, 0.15) is 5.69 Å². The third kappa shape index (κ3) is 3.56. The van der Waals surface area contributed by atoms with Gasteiger partial charge in [0, 0.05) is 45.5 Å². The summed E-state index contributed by atoms with van der Waals surface area (Å²) in [5.41, 5.74) is 2.12. The summed E-state index contributed by atoms with van der Waals surface area (Å²) in [6, 6.07) is 9.36. The Hall–Kier alpha value is -2.67. The zero-order chi connectivity index (χ0) is 18.0. The summed E-state index contributed by atoms with van der Waals surface area (Å²) in [7, 11) is 5.46. The average Bonchev–Trinajstić information content (AvgIpc) is 3.07. The third-order valence-electron chi connectivity index (χ3n) is 4.63. The molecule has 1 aliphatic heterocycles. The van der Waals surface area contributed by atoms with Gasteiger partial charge in [-0.15, -0.1) is 0 Å². The number of amides is 2. The fourth-order valence-electron chi connectivity index (χ4n) is 3.14. The van der Waals surface area contributed by atoms with Crippen LogP contribution >= 0.6 is 0 Å². The zero-order valence-electron chi connectivity index (χ0n) is 14.8. The van der Waals surface area contributed by atoms with Gasteiger partial charge < -0.3 is 10.2 Å². The summed E-state index contributed by atoms with van der Waals surface area (Å²) in [5.74, 6) is -0.164. The van der Waals surface area contributed by atoms with Gasteiger partial charge in [0.15, 0.2) is 0 Å². The molecule has 3 rings (SSSR count). The number of aryl methyl sites for hydroxylation is 1. The summed E-state index contributed by atoms with van der Waals surface area (Å²) in [6.45, 7) is 2.01. The van der Waals surface area contributed by atoms with E-state index in [9.17, 15) is 9.59 Å². The lowest BCUT2D eigenvalue weighted by molar-refractivity contribution is 0.0539. The van der Waals surface area contributed by atoms with Crippen molar-refractivity contribution in [1.82, 2.24) is 24.9 Å². The molecule has 7 heteroatoms. The van der Waals surface area contributed by atoms with Crippen LogP contribution in [-0.4, -0.2) is 65.1 Å². The van der Waals surface area contributed by atoms with Crippen molar-refractivity contribution in [3.63, 3.8) is 0 Å². The smallest absolute Gasteiger partial charge is 0.274 e. The number of carbonyl (C=O) groups excluding carboxylic acids is 2. The standard InChI is InChI=1S/C18H23N5O2/c1-19-17(24)14-6-4-5-13(11-14)16-12-23(10-9-21(16)2)18(25)15-7-8-22(3)20-15/h4-8,11,16H,9-10,12H2,1-3H3,(H,19,24)/t16-/m1/s1. The van der Waals surface area contributed by atoms with Gasteiger partial charge >= 0.3 is 0 Å². The molecule has 7 nitrogen and oxygen atoms in total. The van der Waals surface area contributed by atoms with E-state index in [0.717, 1.165) is 12.1 Å². The molecule has 0 saturated carbocycles. The topological polar surface area (TPSA) is 70.5 Å². The SMILES string of the molecule is CNC(=O)c1cccc([C@H]2CN(C(=O)c3ccn(C)n3)CCN2C)c1. The van der Waals surface area contributed by atoms with Crippen LogP contribution in [0.25, 0.3) is 0 Å². The molecule has 2 amide bonds. The van der Waals surface area contributed by atoms with E-state index < -0.39 is 0 Å². The lowest BCUT2D eigenvalue weighted by atomic mass is 10.00. The normalized spacial score (nSPS) is 18.2. The van der Waals surface area contributed by atoms with Gasteiger partial charge in [-0.1, -0.05) is 12.1 Å². The number of aromatic nitrogens is 2. The molecule has 1 saturated heterocycles. The second kappa shape index (κ2) is 7.06. The van der Waals surface area contributed by atoms with Crippen LogP contribution < -0.4 is 5.32 Å². The molecule has 132 valence electrons. The molecule has 2 aromatic rings. The van der Waals surface area contributed by atoms with Gasteiger partial charge in [-0.05, 0) is 30.8 Å². The molecule has 0 unspecified atom stereocenters. The molecular formula is C18H23N5O2. The van der Waals surface area contributed by atoms with Gasteiger partial charge in [0.2, 0.25) is 0 Å². The van der Waals surface area contributed by atoms with Gasteiger partial charge in [-0.2, -0.15) is 5.10 Å². The highest BCUT2D eigenvalue weighted by Crippen LogP contribution is 2.25. The molecule has 1 aromatic carbocycles. The molecule has 25 heavy (non-hydrogen) atoms. The predicted octanol–water partition coefficient (Wildman–Crippen LogP) is 0.909. The number of hydrogen-bond donors (Lipinski definition) is 1. The Morgan fingerprint density at radius 3 is 2.68 bits per heavy atom. The van der Waals surface area contributed by atoms with E-state index in [4.69, 9.17) is 0 Å². The van der Waals surface area contributed by atoms with E-state index >= 15 is 0 Å². The molecule has 1 aromatic heterocycles. The minimum absolute atomic E-state index is 0.0472. The minimum atomic E-state index is -0.110. The van der Waals surface area contributed by atoms with Crippen LogP contribution in [0, 0.1) is 0 Å². The maximum absolute atomic E-state index is 12.7. The van der Waals surface area contributed by atoms with Crippen molar-refractivity contribution in [3.05, 3.63) is 53.3 Å². The van der Waals surface area contributed by atoms with Crippen LogP contribution in [-0.2, 0) is 7.05 Å². The molecule has 0 bridgehead atoms. The Bertz CT molecular complexity index is 785. The van der Waals surface area contributed by atoms with Crippen molar-refractivity contribution in [1.29, 1.82) is 0 Å². The van der Waals surface area contributed by atoms with Crippen molar-refractivity contribution < 1.29 is 9.59 Å². The van der Waals surface area contributed by atoms with Crippen molar-refractivity contribution >= 4 is 11.8 Å². The molecule has 1 fully saturated rings. The van der Waals surface area contributed by atoms with Crippen LogP contribution in [0.4, 0.5) is 0 Å². The predicted molar refractivity (Wildman–Crippen MR) is 94.3 cm³/mol. The molecule has 0 aliphatic carbocycles. The number of hydrogen-bond acceptors (Lipinski definition) is 4. The zero-order valence-corrected chi connectivity index (χ0v) is 14.8. The van der Waals surface area contributed by atoms with E-state index in [1.165, 1.54) is 0 Å². The van der Waals surface area contributed by atoms with Crippen LogP contribution in [0.5, 0.6) is 0 Å². The van der Waals surface area contributed by atoms with E-state index in [-0.39, 0.29) is 17.9 Å². The Morgan fingerprint density at radius 1 is 1.20 bits per heavy atom. The third-order valence-corrected chi connectivity index (χ3v) is 4.63. The van der Waals surface area contributed by atoms with E-state index in [2.05, 4.69) is 15.3 Å². The largest absolute Gasteiger partial charge is 0.355 e. The lowest BCUT2D eigenvalue weighted by Gasteiger charge is -2.39. The van der Waals surface area contributed by atoms with Crippen LogP contribution in [0.15, 0.2) is 36.5 Å². The van der Waals surface area contributed by atoms with Crippen molar-refractivity contribution in [2.75, 3.05) is 33.7 Å².